The number of carbonyl (C=O) groups is 1. The Bertz CT molecular complexity index is 682. The van der Waals surface area contributed by atoms with Crippen molar-refractivity contribution in [1.29, 1.82) is 0 Å². The van der Waals surface area contributed by atoms with Crippen LogP contribution < -0.4 is 5.32 Å². The van der Waals surface area contributed by atoms with Gasteiger partial charge in [0.05, 0.1) is 17.5 Å². The number of H-pyrrole nitrogens is 1. The van der Waals surface area contributed by atoms with E-state index in [1.54, 1.807) is 12.1 Å². The maximum Gasteiger partial charge on any atom is 0.269 e. The SMILES string of the molecule is O=C(CN1CCC[C@@H]1c1ccc[nH]1)Nc1ccc([N+](=O)[O-])cc1. The predicted molar refractivity (Wildman–Crippen MR) is 86.1 cm³/mol. The minimum Gasteiger partial charge on any atom is -0.364 e. The number of nitrogens with one attached hydrogen (secondary N) is 2. The van der Waals surface area contributed by atoms with Crippen molar-refractivity contribution in [2.24, 2.45) is 0 Å². The summed E-state index contributed by atoms with van der Waals surface area (Å²) in [5, 5.41) is 13.4. The minimum atomic E-state index is -0.462. The van der Waals surface area contributed by atoms with E-state index in [1.807, 2.05) is 18.3 Å². The first kappa shape index (κ1) is 15.2. The number of nitro benzene ring substituents is 1. The summed E-state index contributed by atoms with van der Waals surface area (Å²) in [4.78, 5) is 27.7. The largest absolute Gasteiger partial charge is 0.364 e. The third kappa shape index (κ3) is 3.57. The third-order valence-corrected chi connectivity index (χ3v) is 4.05. The molecule has 1 fully saturated rings. The number of amides is 1. The van der Waals surface area contributed by atoms with E-state index >= 15 is 0 Å². The smallest absolute Gasteiger partial charge is 0.269 e. The maximum atomic E-state index is 12.2. The maximum absolute atomic E-state index is 12.2. The molecule has 1 saturated heterocycles. The summed E-state index contributed by atoms with van der Waals surface area (Å²) in [6.45, 7) is 1.19. The van der Waals surface area contributed by atoms with Crippen LogP contribution in [-0.4, -0.2) is 33.8 Å². The van der Waals surface area contributed by atoms with Gasteiger partial charge in [-0.15, -0.1) is 0 Å². The van der Waals surface area contributed by atoms with Crippen molar-refractivity contribution in [3.63, 3.8) is 0 Å². The predicted octanol–water partition coefficient (Wildman–Crippen LogP) is 2.70. The summed E-state index contributed by atoms with van der Waals surface area (Å²) in [5.74, 6) is -0.114. The Morgan fingerprint density at radius 2 is 2.13 bits per heavy atom. The van der Waals surface area contributed by atoms with E-state index in [0.717, 1.165) is 25.1 Å². The molecule has 0 radical (unpaired) electrons. The number of rotatable bonds is 5. The van der Waals surface area contributed by atoms with Gasteiger partial charge in [-0.05, 0) is 43.7 Å². The molecular weight excluding hydrogens is 296 g/mol. The Balaban J connectivity index is 1.59. The quantitative estimate of drug-likeness (QED) is 0.655. The Labute approximate surface area is 133 Å². The Kier molecular flexibility index (Phi) is 4.38. The van der Waals surface area contributed by atoms with Gasteiger partial charge in [-0.3, -0.25) is 19.8 Å². The van der Waals surface area contributed by atoms with Gasteiger partial charge in [-0.2, -0.15) is 0 Å². The lowest BCUT2D eigenvalue weighted by Crippen LogP contribution is -2.33. The summed E-state index contributed by atoms with van der Waals surface area (Å²) in [5.41, 5.74) is 1.70. The van der Waals surface area contributed by atoms with Crippen molar-refractivity contribution >= 4 is 17.3 Å². The standard InChI is InChI=1S/C16H18N4O3/c21-16(18-12-5-7-13(8-6-12)20(22)23)11-19-10-2-4-15(19)14-3-1-9-17-14/h1,3,5-9,15,17H,2,4,10-11H2,(H,18,21)/t15-/m1/s1. The molecule has 2 heterocycles. The van der Waals surface area contributed by atoms with E-state index in [9.17, 15) is 14.9 Å². The average molecular weight is 314 g/mol. The summed E-state index contributed by atoms with van der Waals surface area (Å²) in [6.07, 6.45) is 3.99. The number of anilines is 1. The first-order valence-electron chi connectivity index (χ1n) is 7.55. The molecule has 1 atom stereocenters. The van der Waals surface area contributed by atoms with E-state index in [-0.39, 0.29) is 17.6 Å². The number of non-ortho nitro benzene ring substituents is 1. The fourth-order valence-corrected chi connectivity index (χ4v) is 2.97. The second kappa shape index (κ2) is 6.62. The van der Waals surface area contributed by atoms with Crippen molar-refractivity contribution in [1.82, 2.24) is 9.88 Å². The van der Waals surface area contributed by atoms with Gasteiger partial charge in [0.2, 0.25) is 5.91 Å². The molecule has 1 aliphatic rings. The topological polar surface area (TPSA) is 91.3 Å². The average Bonchev–Trinajstić information content (AvgIpc) is 3.18. The highest BCUT2D eigenvalue weighted by atomic mass is 16.6. The van der Waals surface area contributed by atoms with Crippen LogP contribution in [0, 0.1) is 10.1 Å². The van der Waals surface area contributed by atoms with Gasteiger partial charge in [0, 0.05) is 29.7 Å². The number of nitrogens with zero attached hydrogens (tertiary/aromatic N) is 2. The van der Waals surface area contributed by atoms with Crippen molar-refractivity contribution < 1.29 is 9.72 Å². The molecule has 3 rings (SSSR count). The van der Waals surface area contributed by atoms with Crippen LogP contribution in [0.2, 0.25) is 0 Å². The van der Waals surface area contributed by atoms with E-state index in [1.165, 1.54) is 12.1 Å². The van der Waals surface area contributed by atoms with Crippen LogP contribution in [0.5, 0.6) is 0 Å². The van der Waals surface area contributed by atoms with Gasteiger partial charge in [-0.1, -0.05) is 0 Å². The molecule has 0 spiro atoms. The molecule has 0 bridgehead atoms. The van der Waals surface area contributed by atoms with Gasteiger partial charge in [0.15, 0.2) is 0 Å². The molecule has 2 aromatic rings. The van der Waals surface area contributed by atoms with Crippen LogP contribution in [0.25, 0.3) is 0 Å². The van der Waals surface area contributed by atoms with Crippen LogP contribution in [0.1, 0.15) is 24.6 Å². The van der Waals surface area contributed by atoms with Crippen molar-refractivity contribution in [3.8, 4) is 0 Å². The molecule has 0 saturated carbocycles. The van der Waals surface area contributed by atoms with Gasteiger partial charge in [0.1, 0.15) is 0 Å². The third-order valence-electron chi connectivity index (χ3n) is 4.05. The number of hydrogen-bond donors (Lipinski definition) is 2. The number of likely N-dealkylation sites (tertiary alicyclic amines) is 1. The van der Waals surface area contributed by atoms with E-state index in [2.05, 4.69) is 15.2 Å². The summed E-state index contributed by atoms with van der Waals surface area (Å²) in [7, 11) is 0. The molecule has 1 amide bonds. The van der Waals surface area contributed by atoms with Crippen LogP contribution in [-0.2, 0) is 4.79 Å². The number of hydrogen-bond acceptors (Lipinski definition) is 4. The molecule has 0 unspecified atom stereocenters. The Morgan fingerprint density at radius 1 is 1.35 bits per heavy atom. The molecule has 23 heavy (non-hydrogen) atoms. The first-order chi connectivity index (χ1) is 11.1. The number of benzene rings is 1. The Morgan fingerprint density at radius 3 is 2.78 bits per heavy atom. The first-order valence-corrected chi connectivity index (χ1v) is 7.55. The van der Waals surface area contributed by atoms with Crippen molar-refractivity contribution in [2.75, 3.05) is 18.4 Å². The monoisotopic (exact) mass is 314 g/mol. The molecule has 0 aliphatic carbocycles. The molecule has 120 valence electrons. The van der Waals surface area contributed by atoms with Crippen LogP contribution in [0.15, 0.2) is 42.6 Å². The van der Waals surface area contributed by atoms with Crippen molar-refractivity contribution in [3.05, 3.63) is 58.4 Å². The van der Waals surface area contributed by atoms with Gasteiger partial charge in [-0.25, -0.2) is 0 Å². The molecule has 2 N–H and O–H groups in total. The van der Waals surface area contributed by atoms with Crippen LogP contribution in [0.3, 0.4) is 0 Å². The van der Waals surface area contributed by atoms with E-state index < -0.39 is 4.92 Å². The minimum absolute atomic E-state index is 0.00866. The molecule has 1 aliphatic heterocycles. The molecule has 1 aromatic carbocycles. The van der Waals surface area contributed by atoms with Gasteiger partial charge >= 0.3 is 0 Å². The van der Waals surface area contributed by atoms with Crippen LogP contribution in [0.4, 0.5) is 11.4 Å². The van der Waals surface area contributed by atoms with Gasteiger partial charge in [0.25, 0.3) is 5.69 Å². The lowest BCUT2D eigenvalue weighted by atomic mass is 10.1. The van der Waals surface area contributed by atoms with Gasteiger partial charge < -0.3 is 10.3 Å². The number of carbonyl (C=O) groups excluding carboxylic acids is 1. The van der Waals surface area contributed by atoms with Crippen LogP contribution >= 0.6 is 0 Å². The highest BCUT2D eigenvalue weighted by Crippen LogP contribution is 2.30. The fourth-order valence-electron chi connectivity index (χ4n) is 2.97. The second-order valence-electron chi connectivity index (χ2n) is 5.61. The van der Waals surface area contributed by atoms with E-state index in [4.69, 9.17) is 0 Å². The summed E-state index contributed by atoms with van der Waals surface area (Å²) in [6, 6.07) is 10.1. The molecule has 7 heteroatoms. The zero-order valence-electron chi connectivity index (χ0n) is 12.6. The number of nitro groups is 1. The Hall–Kier alpha value is -2.67. The normalized spacial score (nSPS) is 18.0. The molecule has 1 aromatic heterocycles. The molecule has 7 nitrogen and oxygen atoms in total. The highest BCUT2D eigenvalue weighted by Gasteiger charge is 2.28. The number of aromatic nitrogens is 1. The van der Waals surface area contributed by atoms with E-state index in [0.29, 0.717) is 12.2 Å². The highest BCUT2D eigenvalue weighted by molar-refractivity contribution is 5.92. The van der Waals surface area contributed by atoms with Crippen molar-refractivity contribution in [2.45, 2.75) is 18.9 Å². The fraction of sp³-hybridized carbons (Fsp3) is 0.312. The lowest BCUT2D eigenvalue weighted by molar-refractivity contribution is -0.384. The summed E-state index contributed by atoms with van der Waals surface area (Å²) >= 11 is 0. The number of aromatic amines is 1. The second-order valence-corrected chi connectivity index (χ2v) is 5.61. The molecular formula is C16H18N4O3. The zero-order valence-corrected chi connectivity index (χ0v) is 12.6. The lowest BCUT2D eigenvalue weighted by Gasteiger charge is -2.23. The zero-order chi connectivity index (χ0) is 16.2. The summed E-state index contributed by atoms with van der Waals surface area (Å²) < 4.78 is 0.